The highest BCUT2D eigenvalue weighted by molar-refractivity contribution is 8.13. The lowest BCUT2D eigenvalue weighted by Crippen LogP contribution is -2.63. The zero-order valence-electron chi connectivity index (χ0n) is 14.7. The second-order valence-electron chi connectivity index (χ2n) is 6.18. The van der Waals surface area contributed by atoms with Gasteiger partial charge in [-0.05, 0) is 24.6 Å². The van der Waals surface area contributed by atoms with Gasteiger partial charge in [-0.2, -0.15) is 13.2 Å². The second kappa shape index (κ2) is 7.67. The van der Waals surface area contributed by atoms with Crippen LogP contribution < -0.4 is 10.6 Å². The maximum absolute atomic E-state index is 13.8. The van der Waals surface area contributed by atoms with Gasteiger partial charge in [0, 0.05) is 11.3 Å². The van der Waals surface area contributed by atoms with E-state index in [0.717, 1.165) is 17.3 Å². The van der Waals surface area contributed by atoms with Gasteiger partial charge in [0.1, 0.15) is 0 Å². The third kappa shape index (κ3) is 4.04. The normalized spacial score (nSPS) is 19.1. The van der Waals surface area contributed by atoms with Gasteiger partial charge in [-0.15, -0.1) is 0 Å². The summed E-state index contributed by atoms with van der Waals surface area (Å²) in [5, 5.41) is 3.71. The van der Waals surface area contributed by atoms with Gasteiger partial charge in [-0.25, -0.2) is 4.99 Å². The Morgan fingerprint density at radius 2 is 1.89 bits per heavy atom. The SMILES string of the molecule is Cc1cccc(C(=O)N[C@]2(C(F)(F)F)N=C(SCc3ccccc3)NC2=O)c1. The topological polar surface area (TPSA) is 70.6 Å². The van der Waals surface area contributed by atoms with Gasteiger partial charge in [0.15, 0.2) is 5.17 Å². The van der Waals surface area contributed by atoms with Crippen molar-refractivity contribution in [1.82, 2.24) is 10.6 Å². The minimum Gasteiger partial charge on any atom is -0.312 e. The molecule has 2 aromatic rings. The number of aryl methyl sites for hydroxylation is 1. The van der Waals surface area contributed by atoms with Gasteiger partial charge in [-0.3, -0.25) is 9.59 Å². The van der Waals surface area contributed by atoms with Crippen molar-refractivity contribution in [2.75, 3.05) is 0 Å². The van der Waals surface area contributed by atoms with Gasteiger partial charge in [0.25, 0.3) is 11.8 Å². The highest BCUT2D eigenvalue weighted by Crippen LogP contribution is 2.36. The van der Waals surface area contributed by atoms with Crippen molar-refractivity contribution in [3.8, 4) is 0 Å². The van der Waals surface area contributed by atoms with E-state index in [1.54, 1.807) is 48.6 Å². The number of aliphatic imine (C=N–C) groups is 1. The largest absolute Gasteiger partial charge is 0.442 e. The molecular formula is C19H16F3N3O2S. The predicted octanol–water partition coefficient (Wildman–Crippen LogP) is 3.40. The average Bonchev–Trinajstić information content (AvgIpc) is 2.97. The first kappa shape index (κ1) is 19.9. The van der Waals surface area contributed by atoms with Crippen LogP contribution in [0.2, 0.25) is 0 Å². The number of amidine groups is 1. The number of hydrogen-bond acceptors (Lipinski definition) is 4. The van der Waals surface area contributed by atoms with Gasteiger partial charge >= 0.3 is 11.8 Å². The fraction of sp³-hybridized carbons (Fsp3) is 0.211. The van der Waals surface area contributed by atoms with Crippen molar-refractivity contribution in [2.45, 2.75) is 24.5 Å². The van der Waals surface area contributed by atoms with Crippen LogP contribution in [0.15, 0.2) is 59.6 Å². The number of alkyl halides is 3. The minimum atomic E-state index is -5.11. The molecule has 0 fully saturated rings. The van der Waals surface area contributed by atoms with E-state index in [4.69, 9.17) is 0 Å². The molecule has 1 aliphatic rings. The zero-order chi connectivity index (χ0) is 20.4. The Balaban J connectivity index is 1.85. The minimum absolute atomic E-state index is 0.0111. The van der Waals surface area contributed by atoms with Gasteiger partial charge < -0.3 is 10.6 Å². The Morgan fingerprint density at radius 3 is 2.54 bits per heavy atom. The summed E-state index contributed by atoms with van der Waals surface area (Å²) in [5.74, 6) is -2.15. The Morgan fingerprint density at radius 1 is 1.18 bits per heavy atom. The van der Waals surface area contributed by atoms with Crippen LogP contribution in [-0.2, 0) is 10.5 Å². The van der Waals surface area contributed by atoms with E-state index in [-0.39, 0.29) is 10.7 Å². The van der Waals surface area contributed by atoms with Crippen molar-refractivity contribution in [1.29, 1.82) is 0 Å². The van der Waals surface area contributed by atoms with Crippen LogP contribution in [0, 0.1) is 6.92 Å². The molecule has 0 saturated carbocycles. The molecule has 2 aromatic carbocycles. The lowest BCUT2D eigenvalue weighted by molar-refractivity contribution is -0.192. The molecule has 2 amide bonds. The summed E-state index contributed by atoms with van der Waals surface area (Å²) in [6.45, 7) is 1.70. The molecule has 3 rings (SSSR count). The molecule has 0 radical (unpaired) electrons. The number of carbonyl (C=O) groups excluding carboxylic acids is 2. The van der Waals surface area contributed by atoms with Crippen LogP contribution in [0.3, 0.4) is 0 Å². The number of halogens is 3. The molecule has 0 saturated heterocycles. The average molecular weight is 407 g/mol. The summed E-state index contributed by atoms with van der Waals surface area (Å²) in [6.07, 6.45) is -5.11. The maximum Gasteiger partial charge on any atom is 0.442 e. The zero-order valence-corrected chi connectivity index (χ0v) is 15.5. The molecule has 2 N–H and O–H groups in total. The fourth-order valence-corrected chi connectivity index (χ4v) is 3.45. The van der Waals surface area contributed by atoms with Crippen LogP contribution >= 0.6 is 11.8 Å². The smallest absolute Gasteiger partial charge is 0.312 e. The second-order valence-corrected chi connectivity index (χ2v) is 7.14. The van der Waals surface area contributed by atoms with Crippen molar-refractivity contribution in [3.63, 3.8) is 0 Å². The molecule has 5 nitrogen and oxygen atoms in total. The number of nitrogens with one attached hydrogen (secondary N) is 2. The van der Waals surface area contributed by atoms with E-state index < -0.39 is 23.7 Å². The molecular weight excluding hydrogens is 391 g/mol. The van der Waals surface area contributed by atoms with Gasteiger partial charge in [0.2, 0.25) is 0 Å². The first-order valence-corrected chi connectivity index (χ1v) is 9.24. The Hall–Kier alpha value is -2.81. The number of rotatable bonds is 4. The molecule has 146 valence electrons. The predicted molar refractivity (Wildman–Crippen MR) is 101 cm³/mol. The van der Waals surface area contributed by atoms with E-state index in [9.17, 15) is 22.8 Å². The van der Waals surface area contributed by atoms with Gasteiger partial charge in [0.05, 0.1) is 0 Å². The van der Waals surface area contributed by atoms with E-state index >= 15 is 0 Å². The summed E-state index contributed by atoms with van der Waals surface area (Å²) in [5.41, 5.74) is -1.78. The fourth-order valence-electron chi connectivity index (χ4n) is 2.58. The number of thioether (sulfide) groups is 1. The molecule has 28 heavy (non-hydrogen) atoms. The molecule has 0 aromatic heterocycles. The van der Waals surface area contributed by atoms with Crippen LogP contribution in [0.25, 0.3) is 0 Å². The van der Waals surface area contributed by atoms with E-state index in [1.807, 2.05) is 6.07 Å². The summed E-state index contributed by atoms with van der Waals surface area (Å²) >= 11 is 0.951. The Kier molecular flexibility index (Phi) is 5.46. The third-order valence-corrected chi connectivity index (χ3v) is 4.97. The Labute approximate surface area is 163 Å². The molecule has 0 unspecified atom stereocenters. The quantitative estimate of drug-likeness (QED) is 0.816. The molecule has 1 atom stereocenters. The van der Waals surface area contributed by atoms with Crippen molar-refractivity contribution in [2.24, 2.45) is 4.99 Å². The number of benzene rings is 2. The highest BCUT2D eigenvalue weighted by atomic mass is 32.2. The molecule has 9 heteroatoms. The Bertz CT molecular complexity index is 932. The molecule has 0 bridgehead atoms. The highest BCUT2D eigenvalue weighted by Gasteiger charge is 2.65. The molecule has 1 aliphatic heterocycles. The van der Waals surface area contributed by atoms with Crippen molar-refractivity contribution >= 4 is 28.7 Å². The van der Waals surface area contributed by atoms with E-state index in [1.165, 1.54) is 12.1 Å². The molecule has 0 spiro atoms. The molecule has 0 aliphatic carbocycles. The number of nitrogens with zero attached hydrogens (tertiary/aromatic N) is 1. The standard InChI is InChI=1S/C19H16F3N3O2S/c1-12-6-5-9-14(10-12)15(26)24-18(19(20,21)22)16(27)23-17(25-18)28-11-13-7-3-2-4-8-13/h2-10H,11H2,1H3,(H,24,26)(H,23,25,27)/t18-/m0/s1. The van der Waals surface area contributed by atoms with Crippen LogP contribution in [0.1, 0.15) is 21.5 Å². The van der Waals surface area contributed by atoms with Crippen molar-refractivity contribution in [3.05, 3.63) is 71.3 Å². The summed E-state index contributed by atoms with van der Waals surface area (Å²) in [6, 6.07) is 15.1. The first-order chi connectivity index (χ1) is 13.2. The third-order valence-electron chi connectivity index (χ3n) is 4.02. The summed E-state index contributed by atoms with van der Waals surface area (Å²) < 4.78 is 41.3. The summed E-state index contributed by atoms with van der Waals surface area (Å²) in [4.78, 5) is 28.1. The van der Waals surface area contributed by atoms with Crippen molar-refractivity contribution < 1.29 is 22.8 Å². The van der Waals surface area contributed by atoms with E-state index in [2.05, 4.69) is 10.3 Å². The van der Waals surface area contributed by atoms with Crippen LogP contribution in [-0.4, -0.2) is 28.8 Å². The van der Waals surface area contributed by atoms with E-state index in [0.29, 0.717) is 11.3 Å². The van der Waals surface area contributed by atoms with Crippen LogP contribution in [0.5, 0.6) is 0 Å². The van der Waals surface area contributed by atoms with Crippen LogP contribution in [0.4, 0.5) is 13.2 Å². The lowest BCUT2D eigenvalue weighted by atomic mass is 10.1. The monoisotopic (exact) mass is 407 g/mol. The summed E-state index contributed by atoms with van der Waals surface area (Å²) in [7, 11) is 0. The number of carbonyl (C=O) groups is 2. The number of amides is 2. The lowest BCUT2D eigenvalue weighted by Gasteiger charge is -2.27. The number of hydrogen-bond donors (Lipinski definition) is 2. The first-order valence-electron chi connectivity index (χ1n) is 8.25. The molecule has 1 heterocycles. The maximum atomic E-state index is 13.8. The van der Waals surface area contributed by atoms with Gasteiger partial charge in [-0.1, -0.05) is 59.8 Å².